The highest BCUT2D eigenvalue weighted by molar-refractivity contribution is 14.0. The smallest absolute Gasteiger partial charge is 0.251 e. The average Bonchev–Trinajstić information content (AvgIpc) is 3.24. The van der Waals surface area contributed by atoms with Gasteiger partial charge in [0, 0.05) is 18.7 Å². The van der Waals surface area contributed by atoms with Crippen LogP contribution in [0.1, 0.15) is 36.5 Å². The van der Waals surface area contributed by atoms with E-state index in [1.54, 1.807) is 18.2 Å². The summed E-state index contributed by atoms with van der Waals surface area (Å²) in [5.41, 5.74) is 0.479. The van der Waals surface area contributed by atoms with Gasteiger partial charge in [-0.1, -0.05) is 23.2 Å². The van der Waals surface area contributed by atoms with Crippen molar-refractivity contribution in [3.63, 3.8) is 0 Å². The van der Waals surface area contributed by atoms with Crippen molar-refractivity contribution < 1.29 is 9.53 Å². The molecule has 27 heavy (non-hydrogen) atoms. The van der Waals surface area contributed by atoms with Crippen molar-refractivity contribution in [2.75, 3.05) is 19.6 Å². The lowest BCUT2D eigenvalue weighted by molar-refractivity contribution is 0.0954. The number of fused-ring (bicyclic) bond motifs is 2. The van der Waals surface area contributed by atoms with Gasteiger partial charge in [-0.3, -0.25) is 9.79 Å². The minimum Gasteiger partial charge on any atom is -0.373 e. The number of nitrogens with zero attached hydrogens (tertiary/aromatic N) is 1. The monoisotopic (exact) mass is 526 g/mol. The highest BCUT2D eigenvalue weighted by Crippen LogP contribution is 2.34. The second kappa shape index (κ2) is 10.7. The number of aliphatic imine (C=N–C) groups is 1. The fraction of sp³-hybridized carbons (Fsp3) is 0.556. The number of ether oxygens (including phenoxy) is 1. The number of amides is 1. The average molecular weight is 527 g/mol. The number of hydrogen-bond donors (Lipinski definition) is 3. The largest absolute Gasteiger partial charge is 0.373 e. The van der Waals surface area contributed by atoms with E-state index < -0.39 is 0 Å². The molecule has 2 fully saturated rings. The number of rotatable bonds is 6. The summed E-state index contributed by atoms with van der Waals surface area (Å²) in [6.07, 6.45) is 3.99. The van der Waals surface area contributed by atoms with Crippen molar-refractivity contribution in [3.05, 3.63) is 33.8 Å². The summed E-state index contributed by atoms with van der Waals surface area (Å²) >= 11 is 11.8. The van der Waals surface area contributed by atoms with Crippen LogP contribution in [-0.4, -0.2) is 49.8 Å². The molecule has 0 aromatic heterocycles. The van der Waals surface area contributed by atoms with Gasteiger partial charge in [0.1, 0.15) is 0 Å². The molecule has 1 aromatic rings. The Labute approximate surface area is 186 Å². The molecule has 3 atom stereocenters. The molecule has 0 radical (unpaired) electrons. The third-order valence-electron chi connectivity index (χ3n) is 4.62. The maximum Gasteiger partial charge on any atom is 0.251 e. The lowest BCUT2D eigenvalue weighted by atomic mass is 9.96. The first kappa shape index (κ1) is 22.5. The first-order chi connectivity index (χ1) is 12.6. The minimum atomic E-state index is -0.196. The third-order valence-corrected chi connectivity index (χ3v) is 5.36. The van der Waals surface area contributed by atoms with Crippen LogP contribution in [0.5, 0.6) is 0 Å². The van der Waals surface area contributed by atoms with E-state index in [9.17, 15) is 4.79 Å². The summed E-state index contributed by atoms with van der Waals surface area (Å²) in [6.45, 7) is 3.72. The maximum absolute atomic E-state index is 12.1. The van der Waals surface area contributed by atoms with Gasteiger partial charge in [-0.05, 0) is 44.4 Å². The van der Waals surface area contributed by atoms with Gasteiger partial charge in [-0.15, -0.1) is 24.0 Å². The molecule has 9 heteroatoms. The van der Waals surface area contributed by atoms with Gasteiger partial charge in [-0.2, -0.15) is 0 Å². The molecule has 2 heterocycles. The summed E-state index contributed by atoms with van der Waals surface area (Å²) in [6, 6.07) is 5.13. The van der Waals surface area contributed by atoms with E-state index in [-0.39, 0.29) is 29.9 Å². The maximum atomic E-state index is 12.1. The summed E-state index contributed by atoms with van der Waals surface area (Å²) < 4.78 is 5.87. The lowest BCUT2D eigenvalue weighted by Crippen LogP contribution is -2.47. The van der Waals surface area contributed by atoms with E-state index >= 15 is 0 Å². The molecule has 2 saturated heterocycles. The molecule has 3 unspecified atom stereocenters. The molecule has 3 N–H and O–H groups in total. The predicted octanol–water partition coefficient (Wildman–Crippen LogP) is 3.22. The van der Waals surface area contributed by atoms with Gasteiger partial charge in [0.15, 0.2) is 5.96 Å². The van der Waals surface area contributed by atoms with Crippen LogP contribution in [0.3, 0.4) is 0 Å². The zero-order chi connectivity index (χ0) is 18.5. The number of nitrogens with one attached hydrogen (secondary N) is 3. The highest BCUT2D eigenvalue weighted by Gasteiger charge is 2.41. The summed E-state index contributed by atoms with van der Waals surface area (Å²) in [7, 11) is 0. The summed E-state index contributed by atoms with van der Waals surface area (Å²) in [5, 5.41) is 10.3. The van der Waals surface area contributed by atoms with Gasteiger partial charge in [-0.25, -0.2) is 0 Å². The Hall–Kier alpha value is -0.770. The van der Waals surface area contributed by atoms with Crippen LogP contribution >= 0.6 is 47.2 Å². The van der Waals surface area contributed by atoms with E-state index in [1.807, 2.05) is 6.92 Å². The topological polar surface area (TPSA) is 74.8 Å². The molecule has 2 aliphatic rings. The molecule has 1 amide bonds. The Kier molecular flexibility index (Phi) is 8.91. The van der Waals surface area contributed by atoms with Crippen LogP contribution < -0.4 is 16.0 Å². The Balaban J connectivity index is 0.00000261. The number of carbonyl (C=O) groups is 1. The van der Waals surface area contributed by atoms with Crippen LogP contribution in [-0.2, 0) is 4.74 Å². The van der Waals surface area contributed by atoms with Crippen LogP contribution in [0.2, 0.25) is 10.0 Å². The molecule has 0 aliphatic carbocycles. The molecule has 150 valence electrons. The van der Waals surface area contributed by atoms with Crippen LogP contribution in [0.15, 0.2) is 23.2 Å². The van der Waals surface area contributed by atoms with E-state index in [2.05, 4.69) is 20.9 Å². The lowest BCUT2D eigenvalue weighted by Gasteiger charge is -2.22. The molecule has 0 saturated carbocycles. The second-order valence-corrected chi connectivity index (χ2v) is 7.32. The van der Waals surface area contributed by atoms with Gasteiger partial charge < -0.3 is 20.7 Å². The van der Waals surface area contributed by atoms with Gasteiger partial charge in [0.2, 0.25) is 0 Å². The van der Waals surface area contributed by atoms with Crippen molar-refractivity contribution in [2.24, 2.45) is 4.99 Å². The van der Waals surface area contributed by atoms with E-state index in [1.165, 1.54) is 0 Å². The Morgan fingerprint density at radius 3 is 2.70 bits per heavy atom. The van der Waals surface area contributed by atoms with Crippen LogP contribution in [0.4, 0.5) is 0 Å². The number of carbonyl (C=O) groups excluding carboxylic acids is 1. The Bertz CT molecular complexity index is 689. The highest BCUT2D eigenvalue weighted by atomic mass is 127. The number of benzene rings is 1. The summed E-state index contributed by atoms with van der Waals surface area (Å²) in [5.74, 6) is 0.565. The fourth-order valence-corrected chi connectivity index (χ4v) is 3.66. The first-order valence-electron chi connectivity index (χ1n) is 9.00. The zero-order valence-electron chi connectivity index (χ0n) is 15.1. The van der Waals surface area contributed by atoms with Crippen LogP contribution in [0, 0.1) is 0 Å². The van der Waals surface area contributed by atoms with E-state index in [0.717, 1.165) is 31.8 Å². The fourth-order valence-electron chi connectivity index (χ4n) is 3.36. The van der Waals surface area contributed by atoms with Crippen molar-refractivity contribution >= 4 is 59.0 Å². The molecular formula is C18H25Cl2IN4O2. The standard InChI is InChI=1S/C18H24Cl2N4O2.HI/c1-2-21-18(24-15-10-12-4-6-16(15)26-12)23-8-7-22-17(25)11-3-5-13(19)14(20)9-11;/h3,5,9,12,15-16H,2,4,6-8,10H2,1H3,(H,22,25)(H2,21,23,24);1H. The number of hydrogen-bond acceptors (Lipinski definition) is 3. The molecule has 2 bridgehead atoms. The van der Waals surface area contributed by atoms with Crippen molar-refractivity contribution in [1.82, 2.24) is 16.0 Å². The van der Waals surface area contributed by atoms with Crippen molar-refractivity contribution in [1.29, 1.82) is 0 Å². The first-order valence-corrected chi connectivity index (χ1v) is 9.76. The van der Waals surface area contributed by atoms with Gasteiger partial charge in [0.05, 0.1) is 34.8 Å². The second-order valence-electron chi connectivity index (χ2n) is 6.51. The molecule has 1 aromatic carbocycles. The van der Waals surface area contributed by atoms with Gasteiger partial charge >= 0.3 is 0 Å². The Morgan fingerprint density at radius 1 is 1.26 bits per heavy atom. The molecular weight excluding hydrogens is 502 g/mol. The predicted molar refractivity (Wildman–Crippen MR) is 120 cm³/mol. The van der Waals surface area contributed by atoms with Crippen LogP contribution in [0.25, 0.3) is 0 Å². The Morgan fingerprint density at radius 2 is 2.07 bits per heavy atom. The number of guanidine groups is 1. The van der Waals surface area contributed by atoms with Gasteiger partial charge in [0.25, 0.3) is 5.91 Å². The quantitative estimate of drug-likeness (QED) is 0.230. The molecule has 2 aliphatic heterocycles. The summed E-state index contributed by atoms with van der Waals surface area (Å²) in [4.78, 5) is 16.7. The van der Waals surface area contributed by atoms with Crippen molar-refractivity contribution in [3.8, 4) is 0 Å². The van der Waals surface area contributed by atoms with E-state index in [0.29, 0.717) is 46.9 Å². The molecule has 6 nitrogen and oxygen atoms in total. The SMILES string of the molecule is CCNC(=NCCNC(=O)c1ccc(Cl)c(Cl)c1)NC1CC2CCC1O2.I. The normalized spacial score (nSPS) is 23.7. The minimum absolute atomic E-state index is 0. The molecule has 3 rings (SSSR count). The van der Waals surface area contributed by atoms with E-state index in [4.69, 9.17) is 27.9 Å². The van der Waals surface area contributed by atoms with Crippen molar-refractivity contribution in [2.45, 2.75) is 44.4 Å². The third kappa shape index (κ3) is 6.10. The molecule has 0 spiro atoms. The zero-order valence-corrected chi connectivity index (χ0v) is 19.0. The number of halogens is 3.